The molecule has 10 heteroatoms. The molecule has 2 aromatic carbocycles. The number of hydrogen-bond donors (Lipinski definition) is 1. The minimum absolute atomic E-state index is 0.00175. The molecular weight excluding hydrogens is 470 g/mol. The number of rotatable bonds is 4. The number of furan rings is 1. The van der Waals surface area contributed by atoms with E-state index in [-0.39, 0.29) is 23.6 Å². The minimum Gasteiger partial charge on any atom is -0.467 e. The molecule has 2 heterocycles. The van der Waals surface area contributed by atoms with Gasteiger partial charge in [0.2, 0.25) is 5.95 Å². The topological polar surface area (TPSA) is 60.1 Å². The zero-order chi connectivity index (χ0) is 21.5. The quantitative estimate of drug-likeness (QED) is 0.372. The maximum Gasteiger partial charge on any atom is 0.416 e. The standard InChI is InChI=1S/C20H12BrF4N3O2/c21-15-5-4-12(22)9-14(15)18(29)27-19-26-16-8-11(20(23,24)25)3-6-17(16)28(19)10-13-2-1-7-30-13/h1-9H,10H2,(H,26,27,29). The highest BCUT2D eigenvalue weighted by atomic mass is 79.9. The molecule has 4 aromatic rings. The van der Waals surface area contributed by atoms with Gasteiger partial charge < -0.3 is 8.98 Å². The second kappa shape index (κ2) is 7.60. The van der Waals surface area contributed by atoms with Crippen LogP contribution in [0.5, 0.6) is 0 Å². The zero-order valence-corrected chi connectivity index (χ0v) is 16.6. The van der Waals surface area contributed by atoms with Crippen LogP contribution in [0.3, 0.4) is 0 Å². The Morgan fingerprint density at radius 2 is 1.97 bits per heavy atom. The van der Waals surface area contributed by atoms with Crippen LogP contribution < -0.4 is 5.32 Å². The number of imidazole rings is 1. The summed E-state index contributed by atoms with van der Waals surface area (Å²) in [5.41, 5.74) is -0.427. The third-order valence-corrected chi connectivity index (χ3v) is 5.06. The molecule has 0 radical (unpaired) electrons. The molecule has 0 aliphatic carbocycles. The van der Waals surface area contributed by atoms with Crippen molar-refractivity contribution >= 4 is 38.8 Å². The van der Waals surface area contributed by atoms with Crippen LogP contribution in [0.4, 0.5) is 23.5 Å². The van der Waals surface area contributed by atoms with Crippen molar-refractivity contribution < 1.29 is 26.8 Å². The summed E-state index contributed by atoms with van der Waals surface area (Å²) in [5, 5.41) is 2.55. The number of fused-ring (bicyclic) bond motifs is 1. The average molecular weight is 482 g/mol. The molecule has 0 aliphatic rings. The van der Waals surface area contributed by atoms with Crippen molar-refractivity contribution in [2.75, 3.05) is 5.32 Å². The number of anilines is 1. The predicted octanol–water partition coefficient (Wildman–Crippen LogP) is 5.85. The zero-order valence-electron chi connectivity index (χ0n) is 15.0. The molecule has 0 fully saturated rings. The summed E-state index contributed by atoms with van der Waals surface area (Å²) in [6.45, 7) is 0.120. The summed E-state index contributed by atoms with van der Waals surface area (Å²) >= 11 is 3.18. The number of alkyl halides is 3. The van der Waals surface area contributed by atoms with Gasteiger partial charge in [-0.1, -0.05) is 0 Å². The molecule has 1 N–H and O–H groups in total. The Morgan fingerprint density at radius 3 is 2.67 bits per heavy atom. The summed E-state index contributed by atoms with van der Waals surface area (Å²) < 4.78 is 60.0. The van der Waals surface area contributed by atoms with Crippen LogP contribution >= 0.6 is 15.9 Å². The minimum atomic E-state index is -4.53. The first-order chi connectivity index (χ1) is 14.2. The third-order valence-electron chi connectivity index (χ3n) is 4.37. The van der Waals surface area contributed by atoms with E-state index < -0.39 is 23.5 Å². The lowest BCUT2D eigenvalue weighted by Gasteiger charge is -2.10. The molecule has 154 valence electrons. The molecule has 4 rings (SSSR count). The Hall–Kier alpha value is -3.14. The molecule has 0 aliphatic heterocycles. The van der Waals surface area contributed by atoms with Crippen molar-refractivity contribution in [3.63, 3.8) is 0 Å². The molecule has 0 unspecified atom stereocenters. The van der Waals surface area contributed by atoms with Gasteiger partial charge in [-0.15, -0.1) is 0 Å². The van der Waals surface area contributed by atoms with E-state index in [4.69, 9.17) is 4.42 Å². The van der Waals surface area contributed by atoms with Gasteiger partial charge in [0.25, 0.3) is 5.91 Å². The van der Waals surface area contributed by atoms with Crippen LogP contribution in [0.2, 0.25) is 0 Å². The smallest absolute Gasteiger partial charge is 0.416 e. The normalized spacial score (nSPS) is 11.8. The predicted molar refractivity (Wildman–Crippen MR) is 105 cm³/mol. The number of hydrogen-bond acceptors (Lipinski definition) is 3. The first-order valence-electron chi connectivity index (χ1n) is 8.58. The van der Waals surface area contributed by atoms with Crippen LogP contribution in [-0.4, -0.2) is 15.5 Å². The number of aromatic nitrogens is 2. The first kappa shape index (κ1) is 20.1. The van der Waals surface area contributed by atoms with Gasteiger partial charge in [0.15, 0.2) is 0 Å². The summed E-state index contributed by atoms with van der Waals surface area (Å²) in [4.78, 5) is 16.8. The molecule has 0 atom stereocenters. The van der Waals surface area contributed by atoms with E-state index >= 15 is 0 Å². The lowest BCUT2D eigenvalue weighted by atomic mass is 10.2. The fourth-order valence-corrected chi connectivity index (χ4v) is 3.39. The van der Waals surface area contributed by atoms with E-state index in [0.29, 0.717) is 15.7 Å². The summed E-state index contributed by atoms with van der Waals surface area (Å²) in [5.74, 6) is -0.769. The number of carbonyl (C=O) groups is 1. The van der Waals surface area contributed by atoms with E-state index in [1.54, 1.807) is 12.1 Å². The van der Waals surface area contributed by atoms with Crippen molar-refractivity contribution in [2.24, 2.45) is 0 Å². The SMILES string of the molecule is O=C(Nc1nc2cc(C(F)(F)F)ccc2n1Cc1ccco1)c1cc(F)ccc1Br. The molecule has 0 saturated carbocycles. The Bertz CT molecular complexity index is 1230. The van der Waals surface area contributed by atoms with Crippen molar-refractivity contribution in [3.05, 3.63) is 82.0 Å². The number of nitrogens with zero attached hydrogens (tertiary/aromatic N) is 2. The van der Waals surface area contributed by atoms with Crippen molar-refractivity contribution in [3.8, 4) is 0 Å². The second-order valence-corrected chi connectivity index (χ2v) is 7.23. The van der Waals surface area contributed by atoms with Crippen LogP contribution in [0.25, 0.3) is 11.0 Å². The van der Waals surface area contributed by atoms with Gasteiger partial charge >= 0.3 is 6.18 Å². The third kappa shape index (κ3) is 3.95. The lowest BCUT2D eigenvalue weighted by Crippen LogP contribution is -2.17. The van der Waals surface area contributed by atoms with Gasteiger partial charge in [-0.2, -0.15) is 13.2 Å². The number of benzene rings is 2. The van der Waals surface area contributed by atoms with Crippen LogP contribution in [0.1, 0.15) is 21.7 Å². The molecule has 0 saturated heterocycles. The molecule has 5 nitrogen and oxygen atoms in total. The highest BCUT2D eigenvalue weighted by Gasteiger charge is 2.31. The van der Waals surface area contributed by atoms with Crippen molar-refractivity contribution in [1.29, 1.82) is 0 Å². The van der Waals surface area contributed by atoms with Crippen LogP contribution in [-0.2, 0) is 12.7 Å². The Labute approximate surface area is 175 Å². The van der Waals surface area contributed by atoms with Crippen molar-refractivity contribution in [1.82, 2.24) is 9.55 Å². The Morgan fingerprint density at radius 1 is 1.17 bits per heavy atom. The van der Waals surface area contributed by atoms with Gasteiger partial charge in [0.1, 0.15) is 11.6 Å². The van der Waals surface area contributed by atoms with Crippen molar-refractivity contribution in [2.45, 2.75) is 12.7 Å². The largest absolute Gasteiger partial charge is 0.467 e. The monoisotopic (exact) mass is 481 g/mol. The maximum absolute atomic E-state index is 13.6. The number of halogens is 5. The van der Waals surface area contributed by atoms with E-state index in [1.807, 2.05) is 0 Å². The molecule has 2 aromatic heterocycles. The van der Waals surface area contributed by atoms with Gasteiger partial charge in [-0.05, 0) is 64.5 Å². The molecular formula is C20H12BrF4N3O2. The summed E-state index contributed by atoms with van der Waals surface area (Å²) in [7, 11) is 0. The fraction of sp³-hybridized carbons (Fsp3) is 0.100. The molecule has 1 amide bonds. The van der Waals surface area contributed by atoms with Gasteiger partial charge in [-0.3, -0.25) is 10.1 Å². The Balaban J connectivity index is 1.78. The van der Waals surface area contributed by atoms with E-state index in [1.165, 1.54) is 29.0 Å². The summed E-state index contributed by atoms with van der Waals surface area (Å²) in [6.07, 6.45) is -3.08. The van der Waals surface area contributed by atoms with E-state index in [0.717, 1.165) is 18.2 Å². The van der Waals surface area contributed by atoms with Gasteiger partial charge in [-0.25, -0.2) is 9.37 Å². The highest BCUT2D eigenvalue weighted by molar-refractivity contribution is 9.10. The fourth-order valence-electron chi connectivity index (χ4n) is 2.96. The molecule has 30 heavy (non-hydrogen) atoms. The van der Waals surface area contributed by atoms with Gasteiger partial charge in [0.05, 0.1) is 35.0 Å². The first-order valence-corrected chi connectivity index (χ1v) is 9.38. The number of nitrogens with one attached hydrogen (secondary N) is 1. The number of amides is 1. The average Bonchev–Trinajstić information content (AvgIpc) is 3.31. The van der Waals surface area contributed by atoms with Crippen LogP contribution in [0.15, 0.2) is 63.7 Å². The maximum atomic E-state index is 13.6. The van der Waals surface area contributed by atoms with Crippen LogP contribution in [0, 0.1) is 5.82 Å². The Kier molecular flexibility index (Phi) is 5.10. The van der Waals surface area contributed by atoms with Gasteiger partial charge in [0, 0.05) is 4.47 Å². The summed E-state index contributed by atoms with van der Waals surface area (Å²) in [6, 6.07) is 10.1. The van der Waals surface area contributed by atoms with E-state index in [2.05, 4.69) is 26.2 Å². The lowest BCUT2D eigenvalue weighted by molar-refractivity contribution is -0.137. The molecule has 0 spiro atoms. The number of carbonyl (C=O) groups excluding carboxylic acids is 1. The van der Waals surface area contributed by atoms with E-state index in [9.17, 15) is 22.4 Å². The highest BCUT2D eigenvalue weighted by Crippen LogP contribution is 2.32. The molecule has 0 bridgehead atoms. The second-order valence-electron chi connectivity index (χ2n) is 6.38.